The van der Waals surface area contributed by atoms with Crippen LogP contribution in [0.2, 0.25) is 0 Å². The van der Waals surface area contributed by atoms with Crippen molar-refractivity contribution in [2.24, 2.45) is 0 Å². The van der Waals surface area contributed by atoms with Crippen molar-refractivity contribution in [2.45, 2.75) is 38.5 Å². The zero-order valence-corrected chi connectivity index (χ0v) is 12.9. The van der Waals surface area contributed by atoms with Gasteiger partial charge in [0.1, 0.15) is 11.4 Å². The summed E-state index contributed by atoms with van der Waals surface area (Å²) in [5, 5.41) is 0.338. The van der Waals surface area contributed by atoms with Gasteiger partial charge in [-0.2, -0.15) is 13.2 Å². The normalized spacial score (nSPS) is 15.9. The predicted octanol–water partition coefficient (Wildman–Crippen LogP) is 4.82. The van der Waals surface area contributed by atoms with Crippen LogP contribution in [-0.4, -0.2) is 4.98 Å². The van der Waals surface area contributed by atoms with Crippen LogP contribution in [0, 0.1) is 0 Å². The molecular weight excluding hydrogens is 313 g/mol. The van der Waals surface area contributed by atoms with E-state index in [1.165, 1.54) is 17.4 Å². The first-order valence-corrected chi connectivity index (χ1v) is 7.80. The highest BCUT2D eigenvalue weighted by atomic mass is 32.1. The van der Waals surface area contributed by atoms with Crippen LogP contribution in [0.25, 0.3) is 11.3 Å². The van der Waals surface area contributed by atoms with E-state index in [9.17, 15) is 13.2 Å². The number of hydrogen-bond donors (Lipinski definition) is 1. The minimum Gasteiger partial charge on any atom is -0.481 e. The molecule has 22 heavy (non-hydrogen) atoms. The number of nitrogen functional groups attached to an aromatic ring is 1. The first-order chi connectivity index (χ1) is 10.3. The number of alkyl halides is 3. The highest BCUT2D eigenvalue weighted by Gasteiger charge is 2.42. The molecule has 1 aromatic heterocycles. The fourth-order valence-electron chi connectivity index (χ4n) is 2.78. The molecule has 0 saturated heterocycles. The van der Waals surface area contributed by atoms with Crippen molar-refractivity contribution in [3.8, 4) is 17.0 Å². The average molecular weight is 328 g/mol. The molecule has 3 rings (SSSR count). The maximum absolute atomic E-state index is 12.9. The lowest BCUT2D eigenvalue weighted by atomic mass is 9.88. The molecule has 2 N–H and O–H groups in total. The van der Waals surface area contributed by atoms with Crippen molar-refractivity contribution in [3.63, 3.8) is 0 Å². The number of hydrogen-bond acceptors (Lipinski definition) is 4. The molecule has 1 aliphatic heterocycles. The van der Waals surface area contributed by atoms with E-state index in [0.29, 0.717) is 35.0 Å². The van der Waals surface area contributed by atoms with E-state index in [4.69, 9.17) is 10.5 Å². The van der Waals surface area contributed by atoms with Gasteiger partial charge >= 0.3 is 6.18 Å². The SMILES string of the molecule is CCC1(CC)Oc2ccc(C(F)(F)F)cc2-c2nc(N)sc21. The molecule has 0 unspecified atom stereocenters. The van der Waals surface area contributed by atoms with Crippen LogP contribution in [0.5, 0.6) is 5.75 Å². The molecule has 0 bridgehead atoms. The number of fused-ring (bicyclic) bond motifs is 3. The molecule has 0 amide bonds. The van der Waals surface area contributed by atoms with Crippen LogP contribution in [0.4, 0.5) is 18.3 Å². The lowest BCUT2D eigenvalue weighted by Gasteiger charge is -2.36. The Balaban J connectivity index is 2.24. The van der Waals surface area contributed by atoms with Crippen LogP contribution in [0.3, 0.4) is 0 Å². The summed E-state index contributed by atoms with van der Waals surface area (Å²) >= 11 is 1.28. The number of nitrogens with zero attached hydrogens (tertiary/aromatic N) is 1. The molecule has 0 fully saturated rings. The van der Waals surface area contributed by atoms with E-state index in [0.717, 1.165) is 17.0 Å². The smallest absolute Gasteiger partial charge is 0.416 e. The van der Waals surface area contributed by atoms with Gasteiger partial charge in [0.15, 0.2) is 5.13 Å². The molecular formula is C15H15F3N2OS. The summed E-state index contributed by atoms with van der Waals surface area (Å²) in [5.74, 6) is 0.425. The summed E-state index contributed by atoms with van der Waals surface area (Å²) < 4.78 is 44.9. The zero-order valence-electron chi connectivity index (χ0n) is 12.1. The fraction of sp³-hybridized carbons (Fsp3) is 0.400. The number of halogens is 3. The minimum absolute atomic E-state index is 0.338. The van der Waals surface area contributed by atoms with Crippen molar-refractivity contribution in [1.29, 1.82) is 0 Å². The fourth-order valence-corrected chi connectivity index (χ4v) is 3.90. The van der Waals surface area contributed by atoms with Gasteiger partial charge in [0.2, 0.25) is 0 Å². The Hall–Kier alpha value is -1.76. The second-order valence-corrected chi connectivity index (χ2v) is 6.27. The van der Waals surface area contributed by atoms with Gasteiger partial charge in [-0.25, -0.2) is 4.98 Å². The molecule has 0 atom stereocenters. The van der Waals surface area contributed by atoms with Crippen molar-refractivity contribution in [1.82, 2.24) is 4.98 Å². The number of nitrogens with two attached hydrogens (primary N) is 1. The molecule has 3 nitrogen and oxygen atoms in total. The summed E-state index contributed by atoms with van der Waals surface area (Å²) in [6, 6.07) is 3.49. The second kappa shape index (κ2) is 4.87. The number of ether oxygens (including phenoxy) is 1. The number of aromatic nitrogens is 1. The topological polar surface area (TPSA) is 48.1 Å². The number of rotatable bonds is 2. The summed E-state index contributed by atoms with van der Waals surface area (Å²) in [7, 11) is 0. The summed E-state index contributed by atoms with van der Waals surface area (Å²) in [4.78, 5) is 5.06. The Kier molecular flexibility index (Phi) is 3.36. The molecule has 2 aromatic rings. The van der Waals surface area contributed by atoms with Gasteiger partial charge in [0.05, 0.1) is 16.1 Å². The van der Waals surface area contributed by atoms with E-state index < -0.39 is 17.3 Å². The van der Waals surface area contributed by atoms with Crippen molar-refractivity contribution >= 4 is 16.5 Å². The van der Waals surface area contributed by atoms with Gasteiger partial charge in [-0.1, -0.05) is 25.2 Å². The van der Waals surface area contributed by atoms with E-state index in [1.807, 2.05) is 13.8 Å². The number of benzene rings is 1. The van der Waals surface area contributed by atoms with Crippen molar-refractivity contribution < 1.29 is 17.9 Å². The zero-order chi connectivity index (χ0) is 16.1. The third-order valence-electron chi connectivity index (χ3n) is 4.07. The van der Waals surface area contributed by atoms with Gasteiger partial charge in [-0.15, -0.1) is 0 Å². The Morgan fingerprint density at radius 2 is 1.95 bits per heavy atom. The van der Waals surface area contributed by atoms with E-state index in [-0.39, 0.29) is 0 Å². The lowest BCUT2D eigenvalue weighted by Crippen LogP contribution is -2.34. The largest absolute Gasteiger partial charge is 0.481 e. The lowest BCUT2D eigenvalue weighted by molar-refractivity contribution is -0.137. The molecule has 1 aromatic carbocycles. The van der Waals surface area contributed by atoms with Crippen molar-refractivity contribution in [3.05, 3.63) is 28.6 Å². The molecule has 2 heterocycles. The van der Waals surface area contributed by atoms with Crippen molar-refractivity contribution in [2.75, 3.05) is 5.73 Å². The minimum atomic E-state index is -4.40. The van der Waals surface area contributed by atoms with Gasteiger partial charge < -0.3 is 10.5 Å². The molecule has 0 spiro atoms. The van der Waals surface area contributed by atoms with Gasteiger partial charge in [-0.3, -0.25) is 0 Å². The highest BCUT2D eigenvalue weighted by molar-refractivity contribution is 7.16. The number of thiazole rings is 1. The van der Waals surface area contributed by atoms with E-state index in [1.54, 1.807) is 0 Å². The molecule has 118 valence electrons. The second-order valence-electron chi connectivity index (χ2n) is 5.24. The van der Waals surface area contributed by atoms with Crippen LogP contribution >= 0.6 is 11.3 Å². The maximum Gasteiger partial charge on any atom is 0.416 e. The Morgan fingerprint density at radius 3 is 2.55 bits per heavy atom. The predicted molar refractivity (Wildman–Crippen MR) is 79.9 cm³/mol. The molecule has 0 aliphatic carbocycles. The van der Waals surface area contributed by atoms with Crippen LogP contribution < -0.4 is 10.5 Å². The average Bonchev–Trinajstić information content (AvgIpc) is 2.87. The summed E-state index contributed by atoms with van der Waals surface area (Å²) in [5.41, 5.74) is 5.38. The van der Waals surface area contributed by atoms with Gasteiger partial charge in [-0.05, 0) is 31.0 Å². The standard InChI is InChI=1S/C15H15F3N2OS/c1-3-14(4-2)12-11(20-13(19)22-12)9-7-8(15(16,17)18)5-6-10(9)21-14/h5-7H,3-4H2,1-2H3,(H2,19,20). The van der Waals surface area contributed by atoms with Gasteiger partial charge in [0, 0.05) is 5.56 Å². The summed E-state index contributed by atoms with van der Waals surface area (Å²) in [6.45, 7) is 3.97. The summed E-state index contributed by atoms with van der Waals surface area (Å²) in [6.07, 6.45) is -3.02. The molecule has 0 radical (unpaired) electrons. The number of anilines is 1. The van der Waals surface area contributed by atoms with Crippen LogP contribution in [0.15, 0.2) is 18.2 Å². The highest BCUT2D eigenvalue weighted by Crippen LogP contribution is 2.51. The first-order valence-electron chi connectivity index (χ1n) is 6.98. The maximum atomic E-state index is 12.9. The monoisotopic (exact) mass is 328 g/mol. The Labute approximate surface area is 129 Å². The van der Waals surface area contributed by atoms with E-state index in [2.05, 4.69) is 4.98 Å². The Morgan fingerprint density at radius 1 is 1.27 bits per heavy atom. The third-order valence-corrected chi connectivity index (χ3v) is 5.14. The quantitative estimate of drug-likeness (QED) is 0.860. The van der Waals surface area contributed by atoms with Gasteiger partial charge in [0.25, 0.3) is 0 Å². The third kappa shape index (κ3) is 2.15. The first kappa shape index (κ1) is 15.1. The van der Waals surface area contributed by atoms with E-state index >= 15 is 0 Å². The van der Waals surface area contributed by atoms with Crippen LogP contribution in [-0.2, 0) is 11.8 Å². The molecule has 0 saturated carbocycles. The molecule has 7 heteroatoms. The Bertz CT molecular complexity index is 720. The molecule has 1 aliphatic rings. The van der Waals surface area contributed by atoms with Crippen LogP contribution in [0.1, 0.15) is 37.1 Å².